The average molecular weight is 292 g/mol. The van der Waals surface area contributed by atoms with Crippen molar-refractivity contribution >= 4 is 11.8 Å². The van der Waals surface area contributed by atoms with E-state index in [0.717, 1.165) is 0 Å². The third-order valence-electron chi connectivity index (χ3n) is 2.62. The van der Waals surface area contributed by atoms with Crippen molar-refractivity contribution in [3.8, 4) is 5.75 Å². The molecule has 0 spiro atoms. The molecule has 5 heteroatoms. The minimum absolute atomic E-state index is 0. The van der Waals surface area contributed by atoms with Crippen LogP contribution < -0.4 is 22.9 Å². The van der Waals surface area contributed by atoms with E-state index in [2.05, 4.69) is 5.73 Å². The number of ether oxygens (including phenoxy) is 1. The molecule has 104 valence electrons. The van der Waals surface area contributed by atoms with Gasteiger partial charge in [-0.25, -0.2) is 4.79 Å². The summed E-state index contributed by atoms with van der Waals surface area (Å²) >= 11 is 0. The summed E-state index contributed by atoms with van der Waals surface area (Å²) in [5.41, 5.74) is 4.59. The van der Waals surface area contributed by atoms with Crippen molar-refractivity contribution in [1.82, 2.24) is 0 Å². The number of esters is 1. The fourth-order valence-corrected chi connectivity index (χ4v) is 1.59. The lowest BCUT2D eigenvalue weighted by atomic mass is 10.1. The lowest BCUT2D eigenvalue weighted by molar-refractivity contribution is -0.349. The highest BCUT2D eigenvalue weighted by atomic mass is 35.5. The maximum absolute atomic E-state index is 11.8. The molecule has 4 nitrogen and oxygen atoms in total. The monoisotopic (exact) mass is 291 g/mol. The molecule has 0 aromatic heterocycles. The maximum Gasteiger partial charge on any atom is 0.343 e. The number of Topliss-reactive ketones (excluding diaryl/α,β-unsaturated/α-hetero) is 1. The molecule has 0 atom stereocenters. The molecule has 0 saturated carbocycles. The molecule has 0 aliphatic carbocycles. The van der Waals surface area contributed by atoms with E-state index >= 15 is 0 Å². The van der Waals surface area contributed by atoms with Crippen LogP contribution in [0.4, 0.5) is 0 Å². The van der Waals surface area contributed by atoms with Crippen LogP contribution >= 0.6 is 0 Å². The standard InChI is InChI=1S/C15H13NO3.ClH/c16-10-14(17)11-6-8-13(9-7-11)19-15(18)12-4-2-1-3-5-12;/h1-9H,10,16H2;1H. The Morgan fingerprint density at radius 3 is 2.05 bits per heavy atom. The van der Waals surface area contributed by atoms with E-state index < -0.39 is 5.97 Å². The van der Waals surface area contributed by atoms with Crippen molar-refractivity contribution < 1.29 is 32.5 Å². The summed E-state index contributed by atoms with van der Waals surface area (Å²) in [4.78, 5) is 23.2. The third-order valence-corrected chi connectivity index (χ3v) is 2.62. The van der Waals surface area contributed by atoms with E-state index in [0.29, 0.717) is 16.9 Å². The summed E-state index contributed by atoms with van der Waals surface area (Å²) in [6, 6.07) is 15.2. The first-order valence-electron chi connectivity index (χ1n) is 5.90. The minimum Gasteiger partial charge on any atom is -1.00 e. The molecule has 0 bridgehead atoms. The van der Waals surface area contributed by atoms with E-state index in [1.807, 2.05) is 6.07 Å². The summed E-state index contributed by atoms with van der Waals surface area (Å²) in [5, 5.41) is 0. The highest BCUT2D eigenvalue weighted by Gasteiger charge is 2.09. The van der Waals surface area contributed by atoms with Crippen molar-refractivity contribution in [2.75, 3.05) is 6.54 Å². The molecule has 3 N–H and O–H groups in total. The van der Waals surface area contributed by atoms with Crippen LogP contribution in [0, 0.1) is 0 Å². The largest absolute Gasteiger partial charge is 1.00 e. The Labute approximate surface area is 123 Å². The van der Waals surface area contributed by atoms with Gasteiger partial charge in [-0.15, -0.1) is 0 Å². The number of rotatable bonds is 4. The molecule has 20 heavy (non-hydrogen) atoms. The van der Waals surface area contributed by atoms with Crippen molar-refractivity contribution in [2.45, 2.75) is 0 Å². The van der Waals surface area contributed by atoms with E-state index in [4.69, 9.17) is 4.74 Å². The zero-order valence-electron chi connectivity index (χ0n) is 10.7. The van der Waals surface area contributed by atoms with E-state index in [1.165, 1.54) is 0 Å². The first-order chi connectivity index (χ1) is 9.20. The maximum atomic E-state index is 11.8. The van der Waals surface area contributed by atoms with Gasteiger partial charge in [0.25, 0.3) is 0 Å². The quantitative estimate of drug-likeness (QED) is 0.416. The van der Waals surface area contributed by atoms with Gasteiger partial charge in [-0.05, 0) is 36.4 Å². The number of benzene rings is 2. The number of halogens is 1. The van der Waals surface area contributed by atoms with Crippen molar-refractivity contribution in [3.05, 3.63) is 65.7 Å². The number of hydrogen-bond acceptors (Lipinski definition) is 3. The van der Waals surface area contributed by atoms with Crippen LogP contribution in [0.1, 0.15) is 20.7 Å². The van der Waals surface area contributed by atoms with Crippen molar-refractivity contribution in [2.24, 2.45) is 0 Å². The number of carbonyl (C=O) groups excluding carboxylic acids is 2. The Balaban J connectivity index is 0.00000200. The molecule has 2 rings (SSSR count). The molecule has 0 fully saturated rings. The van der Waals surface area contributed by atoms with Crippen LogP contribution in [-0.2, 0) is 0 Å². The molecule has 0 aliphatic heterocycles. The smallest absolute Gasteiger partial charge is 0.343 e. The van der Waals surface area contributed by atoms with Crippen LogP contribution in [-0.4, -0.2) is 18.3 Å². The topological polar surface area (TPSA) is 71.0 Å². The van der Waals surface area contributed by atoms with Crippen molar-refractivity contribution in [3.63, 3.8) is 0 Å². The number of carbonyl (C=O) groups is 2. The van der Waals surface area contributed by atoms with E-state index in [9.17, 15) is 9.59 Å². The van der Waals surface area contributed by atoms with E-state index in [1.54, 1.807) is 48.5 Å². The summed E-state index contributed by atoms with van der Waals surface area (Å²) in [7, 11) is 0. The van der Waals surface area contributed by atoms with Crippen LogP contribution in [0.15, 0.2) is 54.6 Å². The van der Waals surface area contributed by atoms with Crippen molar-refractivity contribution in [1.29, 1.82) is 0 Å². The van der Waals surface area contributed by atoms with Crippen LogP contribution in [0.2, 0.25) is 0 Å². The lowest BCUT2D eigenvalue weighted by Crippen LogP contribution is -3.00. The van der Waals surface area contributed by atoms with Gasteiger partial charge in [-0.1, -0.05) is 18.2 Å². The van der Waals surface area contributed by atoms with Gasteiger partial charge >= 0.3 is 5.97 Å². The lowest BCUT2D eigenvalue weighted by Gasteiger charge is -2.04. The van der Waals surface area contributed by atoms with Crippen LogP contribution in [0.3, 0.4) is 0 Å². The predicted molar refractivity (Wildman–Crippen MR) is 69.9 cm³/mol. The molecule has 0 radical (unpaired) electrons. The molecule has 0 unspecified atom stereocenters. The summed E-state index contributed by atoms with van der Waals surface area (Å²) < 4.78 is 5.20. The average Bonchev–Trinajstić information content (AvgIpc) is 2.48. The molecule has 0 amide bonds. The molecule has 0 saturated heterocycles. The molecular formula is C15H14ClNO3. The van der Waals surface area contributed by atoms with Gasteiger partial charge in [0.05, 0.1) is 5.56 Å². The van der Waals surface area contributed by atoms with Gasteiger partial charge in [0.1, 0.15) is 12.3 Å². The summed E-state index contributed by atoms with van der Waals surface area (Å²) in [5.74, 6) is -0.0489. The Bertz CT molecular complexity index is 582. The molecule has 0 aliphatic rings. The second-order valence-corrected chi connectivity index (χ2v) is 3.95. The van der Waals surface area contributed by atoms with Crippen LogP contribution in [0.25, 0.3) is 0 Å². The van der Waals surface area contributed by atoms with Gasteiger partial charge in [0.2, 0.25) is 5.78 Å². The number of ketones is 1. The van der Waals surface area contributed by atoms with Crippen LogP contribution in [0.5, 0.6) is 5.75 Å². The molecule has 2 aromatic rings. The predicted octanol–water partition coefficient (Wildman–Crippen LogP) is -1.67. The molecule has 0 heterocycles. The van der Waals surface area contributed by atoms with Gasteiger partial charge in [0, 0.05) is 5.56 Å². The zero-order valence-corrected chi connectivity index (χ0v) is 11.5. The Kier molecular flexibility index (Phi) is 5.90. The van der Waals surface area contributed by atoms with Gasteiger partial charge in [-0.3, -0.25) is 4.79 Å². The molecular weight excluding hydrogens is 278 g/mol. The normalized spacial score (nSPS) is 9.45. The van der Waals surface area contributed by atoms with Gasteiger partial charge in [0.15, 0.2) is 0 Å². The highest BCUT2D eigenvalue weighted by molar-refractivity contribution is 5.97. The second-order valence-electron chi connectivity index (χ2n) is 3.95. The Morgan fingerprint density at radius 2 is 1.50 bits per heavy atom. The first kappa shape index (κ1) is 15.9. The Morgan fingerprint density at radius 1 is 0.900 bits per heavy atom. The highest BCUT2D eigenvalue weighted by Crippen LogP contribution is 2.14. The number of quaternary nitrogens is 1. The summed E-state index contributed by atoms with van der Waals surface area (Å²) in [6.07, 6.45) is 0. The second kappa shape index (κ2) is 7.43. The fourth-order valence-electron chi connectivity index (χ4n) is 1.59. The first-order valence-corrected chi connectivity index (χ1v) is 5.90. The number of hydrogen-bond donors (Lipinski definition) is 1. The fraction of sp³-hybridized carbons (Fsp3) is 0.0667. The van der Waals surface area contributed by atoms with Gasteiger partial charge in [-0.2, -0.15) is 0 Å². The SMILES string of the molecule is [Cl-].[NH3+]CC(=O)c1ccc(OC(=O)c2ccccc2)cc1. The van der Waals surface area contributed by atoms with E-state index in [-0.39, 0.29) is 24.7 Å². The minimum atomic E-state index is -0.420. The molecule has 2 aromatic carbocycles. The zero-order chi connectivity index (χ0) is 13.7. The Hall–Kier alpha value is -2.17. The third kappa shape index (κ3) is 3.91. The summed E-state index contributed by atoms with van der Waals surface area (Å²) in [6.45, 7) is 0.211. The van der Waals surface area contributed by atoms with Gasteiger partial charge < -0.3 is 22.9 Å².